The van der Waals surface area contributed by atoms with Gasteiger partial charge in [-0.3, -0.25) is 14.5 Å². The summed E-state index contributed by atoms with van der Waals surface area (Å²) in [6, 6.07) is 13.0. The summed E-state index contributed by atoms with van der Waals surface area (Å²) in [7, 11) is 1.59. The molecule has 0 fully saturated rings. The Hall–Kier alpha value is -3.68. The zero-order chi connectivity index (χ0) is 19.1. The monoisotopic (exact) mass is 364 g/mol. The van der Waals surface area contributed by atoms with Gasteiger partial charge in [-0.15, -0.1) is 0 Å². The average Bonchev–Trinajstić information content (AvgIpc) is 3.23. The molecule has 0 aliphatic heterocycles. The standard InChI is InChI=1S/C19H16N4O4/c1-11-5-4-6-15-20-16(13-7-9-14(26-3)10-8-13)18(22(11)15)19-17(23(24)25)12(2)21-27-19/h4-10H,1-3H3. The van der Waals surface area contributed by atoms with Crippen LogP contribution in [0, 0.1) is 24.0 Å². The van der Waals surface area contributed by atoms with E-state index in [1.807, 2.05) is 53.8 Å². The maximum absolute atomic E-state index is 11.6. The number of ether oxygens (including phenoxy) is 1. The molecule has 27 heavy (non-hydrogen) atoms. The first kappa shape index (κ1) is 16.8. The molecule has 0 amide bonds. The summed E-state index contributed by atoms with van der Waals surface area (Å²) in [4.78, 5) is 15.8. The second kappa shape index (κ2) is 6.24. The van der Waals surface area contributed by atoms with Crippen molar-refractivity contribution in [2.24, 2.45) is 0 Å². The third-order valence-corrected chi connectivity index (χ3v) is 4.43. The average molecular weight is 364 g/mol. The van der Waals surface area contributed by atoms with E-state index in [1.165, 1.54) is 0 Å². The third kappa shape index (κ3) is 2.62. The normalized spacial score (nSPS) is 11.1. The molecule has 3 heterocycles. The fourth-order valence-electron chi connectivity index (χ4n) is 3.15. The van der Waals surface area contributed by atoms with E-state index in [1.54, 1.807) is 14.0 Å². The van der Waals surface area contributed by atoms with Crippen molar-refractivity contribution < 1.29 is 14.2 Å². The van der Waals surface area contributed by atoms with Crippen molar-refractivity contribution in [3.63, 3.8) is 0 Å². The van der Waals surface area contributed by atoms with Gasteiger partial charge in [0, 0.05) is 11.3 Å². The van der Waals surface area contributed by atoms with Crippen LogP contribution in [0.15, 0.2) is 47.0 Å². The van der Waals surface area contributed by atoms with Gasteiger partial charge in [-0.25, -0.2) is 4.98 Å². The van der Waals surface area contributed by atoms with Gasteiger partial charge >= 0.3 is 5.69 Å². The number of aryl methyl sites for hydroxylation is 2. The van der Waals surface area contributed by atoms with Crippen molar-refractivity contribution in [2.75, 3.05) is 7.11 Å². The number of nitro groups is 1. The van der Waals surface area contributed by atoms with Crippen molar-refractivity contribution in [3.05, 3.63) is 64.0 Å². The number of aromatic nitrogens is 3. The molecule has 3 aromatic heterocycles. The molecule has 4 rings (SSSR count). The second-order valence-electron chi connectivity index (χ2n) is 6.10. The minimum absolute atomic E-state index is 0.0881. The van der Waals surface area contributed by atoms with Gasteiger partial charge < -0.3 is 9.26 Å². The fourth-order valence-corrected chi connectivity index (χ4v) is 3.15. The zero-order valence-corrected chi connectivity index (χ0v) is 15.0. The van der Waals surface area contributed by atoms with E-state index < -0.39 is 4.92 Å². The summed E-state index contributed by atoms with van der Waals surface area (Å²) >= 11 is 0. The van der Waals surface area contributed by atoms with E-state index in [0.29, 0.717) is 22.8 Å². The van der Waals surface area contributed by atoms with Crippen LogP contribution < -0.4 is 4.74 Å². The number of imidazole rings is 1. The summed E-state index contributed by atoms with van der Waals surface area (Å²) < 4.78 is 12.4. The van der Waals surface area contributed by atoms with Crippen LogP contribution in [0.3, 0.4) is 0 Å². The van der Waals surface area contributed by atoms with Crippen LogP contribution in [0.5, 0.6) is 5.75 Å². The first-order valence-corrected chi connectivity index (χ1v) is 8.24. The predicted molar refractivity (Wildman–Crippen MR) is 98.8 cm³/mol. The minimum atomic E-state index is -0.476. The first-order valence-electron chi connectivity index (χ1n) is 8.24. The molecule has 4 aromatic rings. The van der Waals surface area contributed by atoms with E-state index in [4.69, 9.17) is 14.2 Å². The Morgan fingerprint density at radius 3 is 2.56 bits per heavy atom. The maximum atomic E-state index is 11.6. The van der Waals surface area contributed by atoms with E-state index in [-0.39, 0.29) is 17.1 Å². The highest BCUT2D eigenvalue weighted by molar-refractivity contribution is 5.84. The number of fused-ring (bicyclic) bond motifs is 1. The molecule has 0 aliphatic rings. The lowest BCUT2D eigenvalue weighted by atomic mass is 10.1. The Bertz CT molecular complexity index is 1160. The van der Waals surface area contributed by atoms with Crippen LogP contribution in [0.2, 0.25) is 0 Å². The molecule has 0 aliphatic carbocycles. The lowest BCUT2D eigenvalue weighted by molar-refractivity contribution is -0.385. The number of hydrogen-bond donors (Lipinski definition) is 0. The highest BCUT2D eigenvalue weighted by atomic mass is 16.6. The summed E-state index contributed by atoms with van der Waals surface area (Å²) in [5.41, 5.74) is 3.47. The maximum Gasteiger partial charge on any atom is 0.340 e. The highest BCUT2D eigenvalue weighted by Gasteiger charge is 2.31. The number of pyridine rings is 1. The van der Waals surface area contributed by atoms with Gasteiger partial charge in [0.25, 0.3) is 5.76 Å². The van der Waals surface area contributed by atoms with Crippen molar-refractivity contribution >= 4 is 11.3 Å². The molecule has 0 atom stereocenters. The molecule has 136 valence electrons. The third-order valence-electron chi connectivity index (χ3n) is 4.43. The summed E-state index contributed by atoms with van der Waals surface area (Å²) in [6.07, 6.45) is 0. The molecule has 8 nitrogen and oxygen atoms in total. The summed E-state index contributed by atoms with van der Waals surface area (Å²) in [5.74, 6) is 0.798. The molecule has 1 aromatic carbocycles. The molecule has 0 N–H and O–H groups in total. The van der Waals surface area contributed by atoms with Crippen LogP contribution in [0.25, 0.3) is 28.4 Å². The fraction of sp³-hybridized carbons (Fsp3) is 0.158. The van der Waals surface area contributed by atoms with Gasteiger partial charge in [-0.1, -0.05) is 11.2 Å². The summed E-state index contributed by atoms with van der Waals surface area (Å²) in [6.45, 7) is 3.46. The van der Waals surface area contributed by atoms with Gasteiger partial charge in [-0.05, 0) is 50.2 Å². The molecule has 0 unspecified atom stereocenters. The predicted octanol–water partition coefficient (Wildman–Crippen LogP) is 4.19. The van der Waals surface area contributed by atoms with Gasteiger partial charge in [-0.2, -0.15) is 0 Å². The highest BCUT2D eigenvalue weighted by Crippen LogP contribution is 2.39. The SMILES string of the molecule is COc1ccc(-c2nc3cccc(C)n3c2-c2onc(C)c2[N+](=O)[O-])cc1. The number of hydrogen-bond acceptors (Lipinski definition) is 6. The van der Waals surface area contributed by atoms with Gasteiger partial charge in [0.15, 0.2) is 5.69 Å². The molecule has 8 heteroatoms. The lowest BCUT2D eigenvalue weighted by Gasteiger charge is -2.05. The minimum Gasteiger partial charge on any atom is -0.497 e. The number of methoxy groups -OCH3 is 1. The van der Waals surface area contributed by atoms with Gasteiger partial charge in [0.1, 0.15) is 22.8 Å². The van der Waals surface area contributed by atoms with Gasteiger partial charge in [0.2, 0.25) is 0 Å². The van der Waals surface area contributed by atoms with Gasteiger partial charge in [0.05, 0.1) is 12.0 Å². The van der Waals surface area contributed by atoms with Crippen molar-refractivity contribution in [3.8, 4) is 28.5 Å². The smallest absolute Gasteiger partial charge is 0.340 e. The van der Waals surface area contributed by atoms with E-state index in [0.717, 1.165) is 11.3 Å². The molecule has 0 spiro atoms. The zero-order valence-electron chi connectivity index (χ0n) is 15.0. The molecular weight excluding hydrogens is 348 g/mol. The first-order chi connectivity index (χ1) is 13.0. The Morgan fingerprint density at radius 2 is 1.89 bits per heavy atom. The van der Waals surface area contributed by atoms with Crippen LogP contribution in [0.1, 0.15) is 11.4 Å². The topological polar surface area (TPSA) is 95.7 Å². The largest absolute Gasteiger partial charge is 0.497 e. The summed E-state index contributed by atoms with van der Waals surface area (Å²) in [5, 5.41) is 15.4. The van der Waals surface area contributed by atoms with E-state index >= 15 is 0 Å². The molecule has 0 saturated heterocycles. The molecular formula is C19H16N4O4. The van der Waals surface area contributed by atoms with Crippen LogP contribution in [0.4, 0.5) is 5.69 Å². The Morgan fingerprint density at radius 1 is 1.15 bits per heavy atom. The Labute approximate surface area is 154 Å². The Kier molecular flexibility index (Phi) is 3.88. The van der Waals surface area contributed by atoms with Crippen molar-refractivity contribution in [1.29, 1.82) is 0 Å². The molecule has 0 bridgehead atoms. The van der Waals surface area contributed by atoms with Crippen LogP contribution >= 0.6 is 0 Å². The van der Waals surface area contributed by atoms with Crippen molar-refractivity contribution in [1.82, 2.24) is 14.5 Å². The Balaban J connectivity index is 2.07. The quantitative estimate of drug-likeness (QED) is 0.398. The number of rotatable bonds is 4. The van der Waals surface area contributed by atoms with Crippen LogP contribution in [-0.2, 0) is 0 Å². The number of nitrogens with zero attached hydrogens (tertiary/aromatic N) is 4. The van der Waals surface area contributed by atoms with Crippen LogP contribution in [-0.4, -0.2) is 26.6 Å². The van der Waals surface area contributed by atoms with E-state index in [2.05, 4.69) is 5.16 Å². The number of benzene rings is 1. The van der Waals surface area contributed by atoms with Crippen molar-refractivity contribution in [2.45, 2.75) is 13.8 Å². The molecule has 0 saturated carbocycles. The van der Waals surface area contributed by atoms with E-state index in [9.17, 15) is 10.1 Å². The lowest BCUT2D eigenvalue weighted by Crippen LogP contribution is -1.97. The molecule has 0 radical (unpaired) electrons. The second-order valence-corrected chi connectivity index (χ2v) is 6.10.